The van der Waals surface area contributed by atoms with Crippen LogP contribution in [0.2, 0.25) is 0 Å². The highest BCUT2D eigenvalue weighted by Gasteiger charge is 2.21. The zero-order valence-electron chi connectivity index (χ0n) is 13.7. The summed E-state index contributed by atoms with van der Waals surface area (Å²) in [6.45, 7) is 6.11. The summed E-state index contributed by atoms with van der Waals surface area (Å²) in [5.74, 6) is -0.0522. The van der Waals surface area contributed by atoms with Crippen molar-refractivity contribution < 1.29 is 14.4 Å². The Morgan fingerprint density at radius 2 is 1.91 bits per heavy atom. The molecule has 124 valence electrons. The van der Waals surface area contributed by atoms with Crippen molar-refractivity contribution in [2.24, 2.45) is 0 Å². The van der Waals surface area contributed by atoms with Gasteiger partial charge in [0.05, 0.1) is 0 Å². The molecule has 0 atom stereocenters. The van der Waals surface area contributed by atoms with E-state index in [1.165, 1.54) is 6.92 Å². The number of carbonyl (C=O) groups excluding carboxylic acids is 3. The molecule has 0 N–H and O–H groups in total. The monoisotopic (exact) mass is 317 g/mol. The van der Waals surface area contributed by atoms with Crippen LogP contribution >= 0.6 is 0 Å². The highest BCUT2D eigenvalue weighted by atomic mass is 16.2. The molecule has 2 rings (SSSR count). The molecule has 1 aromatic rings. The quantitative estimate of drug-likeness (QED) is 0.762. The lowest BCUT2D eigenvalue weighted by molar-refractivity contribution is -0.135. The smallest absolute Gasteiger partial charge is 0.224 e. The third-order valence-corrected chi connectivity index (χ3v) is 4.06. The van der Waals surface area contributed by atoms with E-state index in [1.807, 2.05) is 31.2 Å². The van der Waals surface area contributed by atoms with Crippen LogP contribution in [0.5, 0.6) is 0 Å². The number of hydrogen-bond donors (Lipinski definition) is 0. The van der Waals surface area contributed by atoms with E-state index in [2.05, 4.69) is 0 Å². The molecule has 1 aromatic carbocycles. The largest absolute Gasteiger partial charge is 0.342 e. The predicted octanol–water partition coefficient (Wildman–Crippen LogP) is 1.04. The second-order valence-corrected chi connectivity index (χ2v) is 5.78. The van der Waals surface area contributed by atoms with Crippen molar-refractivity contribution in [2.75, 3.05) is 37.6 Å². The molecule has 1 aliphatic rings. The summed E-state index contributed by atoms with van der Waals surface area (Å²) >= 11 is 0. The lowest BCUT2D eigenvalue weighted by atomic mass is 10.2. The first-order chi connectivity index (χ1) is 11.0. The van der Waals surface area contributed by atoms with Crippen molar-refractivity contribution in [2.45, 2.75) is 20.3 Å². The Balaban J connectivity index is 1.93. The molecule has 0 saturated carbocycles. The van der Waals surface area contributed by atoms with Crippen LogP contribution < -0.4 is 4.90 Å². The van der Waals surface area contributed by atoms with E-state index in [9.17, 15) is 14.4 Å². The number of aryl methyl sites for hydroxylation is 1. The molecule has 0 aromatic heterocycles. The van der Waals surface area contributed by atoms with E-state index in [-0.39, 0.29) is 18.2 Å². The zero-order chi connectivity index (χ0) is 16.8. The maximum absolute atomic E-state index is 12.3. The van der Waals surface area contributed by atoms with Gasteiger partial charge in [0.2, 0.25) is 18.2 Å². The zero-order valence-corrected chi connectivity index (χ0v) is 13.7. The van der Waals surface area contributed by atoms with E-state index in [0.717, 1.165) is 17.7 Å². The standard InChI is InChI=1S/C17H23N3O3/c1-14-4-3-5-16(12-14)20(15(2)22)7-6-17(23)19-10-8-18(13-21)9-11-19/h3-5,12-13H,6-11H2,1-2H3. The molecule has 0 unspecified atom stereocenters. The molecule has 6 heteroatoms. The number of anilines is 1. The van der Waals surface area contributed by atoms with Gasteiger partial charge in [-0.25, -0.2) is 0 Å². The second-order valence-electron chi connectivity index (χ2n) is 5.78. The minimum absolute atomic E-state index is 0.0226. The first-order valence-electron chi connectivity index (χ1n) is 7.83. The van der Waals surface area contributed by atoms with Crippen molar-refractivity contribution in [1.29, 1.82) is 0 Å². The van der Waals surface area contributed by atoms with Gasteiger partial charge in [0.25, 0.3) is 0 Å². The third-order valence-electron chi connectivity index (χ3n) is 4.06. The fraction of sp³-hybridized carbons (Fsp3) is 0.471. The lowest BCUT2D eigenvalue weighted by Crippen LogP contribution is -2.48. The van der Waals surface area contributed by atoms with Crippen LogP contribution in [0.3, 0.4) is 0 Å². The average molecular weight is 317 g/mol. The number of carbonyl (C=O) groups is 3. The molecule has 6 nitrogen and oxygen atoms in total. The lowest BCUT2D eigenvalue weighted by Gasteiger charge is -2.33. The number of piperazine rings is 1. The third kappa shape index (κ3) is 4.55. The summed E-state index contributed by atoms with van der Waals surface area (Å²) < 4.78 is 0. The van der Waals surface area contributed by atoms with Crippen LogP contribution in [0.25, 0.3) is 0 Å². The number of rotatable bonds is 5. The van der Waals surface area contributed by atoms with Gasteiger partial charge in [0, 0.05) is 51.8 Å². The summed E-state index contributed by atoms with van der Waals surface area (Å²) in [5, 5.41) is 0. The molecule has 3 amide bonds. The Labute approximate surface area is 136 Å². The van der Waals surface area contributed by atoms with Crippen LogP contribution in [-0.4, -0.2) is 60.7 Å². The summed E-state index contributed by atoms with van der Waals surface area (Å²) in [7, 11) is 0. The van der Waals surface area contributed by atoms with Crippen molar-refractivity contribution in [1.82, 2.24) is 9.80 Å². The van der Waals surface area contributed by atoms with Gasteiger partial charge < -0.3 is 14.7 Å². The molecule has 1 fully saturated rings. The van der Waals surface area contributed by atoms with E-state index in [4.69, 9.17) is 0 Å². The topological polar surface area (TPSA) is 60.9 Å². The van der Waals surface area contributed by atoms with Gasteiger partial charge in [-0.15, -0.1) is 0 Å². The second kappa shape index (κ2) is 7.76. The molecular formula is C17H23N3O3. The molecule has 0 radical (unpaired) electrons. The van der Waals surface area contributed by atoms with E-state index >= 15 is 0 Å². The van der Waals surface area contributed by atoms with Crippen LogP contribution in [0.4, 0.5) is 5.69 Å². The van der Waals surface area contributed by atoms with E-state index in [1.54, 1.807) is 14.7 Å². The van der Waals surface area contributed by atoms with Crippen molar-refractivity contribution >= 4 is 23.9 Å². The molecule has 23 heavy (non-hydrogen) atoms. The average Bonchev–Trinajstić information content (AvgIpc) is 2.54. The maximum atomic E-state index is 12.3. The van der Waals surface area contributed by atoms with Crippen molar-refractivity contribution in [3.63, 3.8) is 0 Å². The Kier molecular flexibility index (Phi) is 5.73. The van der Waals surface area contributed by atoms with Crippen LogP contribution in [0.15, 0.2) is 24.3 Å². The molecule has 0 bridgehead atoms. The molecule has 1 heterocycles. The highest BCUT2D eigenvalue weighted by molar-refractivity contribution is 5.92. The van der Waals surface area contributed by atoms with Crippen LogP contribution in [-0.2, 0) is 14.4 Å². The minimum Gasteiger partial charge on any atom is -0.342 e. The molecular weight excluding hydrogens is 294 g/mol. The van der Waals surface area contributed by atoms with Gasteiger partial charge in [-0.2, -0.15) is 0 Å². The SMILES string of the molecule is CC(=O)N(CCC(=O)N1CCN(C=O)CC1)c1cccc(C)c1. The van der Waals surface area contributed by atoms with Gasteiger partial charge in [0.15, 0.2) is 0 Å². The maximum Gasteiger partial charge on any atom is 0.224 e. The number of benzene rings is 1. The predicted molar refractivity (Wildman–Crippen MR) is 88.0 cm³/mol. The minimum atomic E-state index is -0.0748. The van der Waals surface area contributed by atoms with Gasteiger partial charge in [-0.1, -0.05) is 12.1 Å². The fourth-order valence-electron chi connectivity index (χ4n) is 2.71. The Morgan fingerprint density at radius 1 is 1.22 bits per heavy atom. The van der Waals surface area contributed by atoms with E-state index < -0.39 is 0 Å². The Hall–Kier alpha value is -2.37. The molecule has 1 aliphatic heterocycles. The highest BCUT2D eigenvalue weighted by Crippen LogP contribution is 2.17. The molecule has 0 aliphatic carbocycles. The van der Waals surface area contributed by atoms with E-state index in [0.29, 0.717) is 32.7 Å². The van der Waals surface area contributed by atoms with Crippen molar-refractivity contribution in [3.8, 4) is 0 Å². The van der Waals surface area contributed by atoms with Gasteiger partial charge in [0.1, 0.15) is 0 Å². The summed E-state index contributed by atoms with van der Waals surface area (Å²) in [6, 6.07) is 7.69. The van der Waals surface area contributed by atoms with Gasteiger partial charge >= 0.3 is 0 Å². The Morgan fingerprint density at radius 3 is 2.48 bits per heavy atom. The summed E-state index contributed by atoms with van der Waals surface area (Å²) in [6.07, 6.45) is 1.10. The first-order valence-corrected chi connectivity index (χ1v) is 7.83. The summed E-state index contributed by atoms with van der Waals surface area (Å²) in [5.41, 5.74) is 1.89. The fourth-order valence-corrected chi connectivity index (χ4v) is 2.71. The first kappa shape index (κ1) is 17.0. The van der Waals surface area contributed by atoms with Crippen LogP contribution in [0, 0.1) is 6.92 Å². The van der Waals surface area contributed by atoms with Gasteiger partial charge in [-0.05, 0) is 24.6 Å². The van der Waals surface area contributed by atoms with Gasteiger partial charge in [-0.3, -0.25) is 14.4 Å². The number of nitrogens with zero attached hydrogens (tertiary/aromatic N) is 3. The summed E-state index contributed by atoms with van der Waals surface area (Å²) in [4.78, 5) is 39.9. The molecule has 1 saturated heterocycles. The Bertz CT molecular complexity index is 580. The number of amides is 3. The van der Waals surface area contributed by atoms with Crippen LogP contribution in [0.1, 0.15) is 18.9 Å². The normalized spacial score (nSPS) is 14.5. The van der Waals surface area contributed by atoms with Crippen molar-refractivity contribution in [3.05, 3.63) is 29.8 Å². The molecule has 0 spiro atoms. The number of hydrogen-bond acceptors (Lipinski definition) is 3.